The molecule has 0 bridgehead atoms. The van der Waals surface area contributed by atoms with Gasteiger partial charge in [0.1, 0.15) is 11.6 Å². The number of ether oxygens (including phenoxy) is 2. The number of imidazole rings is 1. The van der Waals surface area contributed by atoms with Gasteiger partial charge in [-0.25, -0.2) is 9.78 Å². The molecule has 21 heavy (non-hydrogen) atoms. The zero-order chi connectivity index (χ0) is 15.8. The van der Waals surface area contributed by atoms with Gasteiger partial charge in [0.2, 0.25) is 5.91 Å². The number of amides is 1. The molecule has 0 fully saturated rings. The molecule has 3 N–H and O–H groups in total. The van der Waals surface area contributed by atoms with E-state index in [1.807, 2.05) is 0 Å². The van der Waals surface area contributed by atoms with Gasteiger partial charge in [-0.3, -0.25) is 4.79 Å². The van der Waals surface area contributed by atoms with Gasteiger partial charge in [0.25, 0.3) is 0 Å². The minimum atomic E-state index is -0.554. The van der Waals surface area contributed by atoms with E-state index in [4.69, 9.17) is 15.2 Å². The SMILES string of the molecule is CCOC(=O)c1nc(C)n(CCC(=O)NCCOC)c1N. The summed E-state index contributed by atoms with van der Waals surface area (Å²) < 4.78 is 11.4. The molecule has 1 rings (SSSR count). The summed E-state index contributed by atoms with van der Waals surface area (Å²) in [6.07, 6.45) is 0.243. The predicted molar refractivity (Wildman–Crippen MR) is 76.8 cm³/mol. The fraction of sp³-hybridized carbons (Fsp3) is 0.615. The second kappa shape index (κ2) is 8.25. The summed E-state index contributed by atoms with van der Waals surface area (Å²) in [5.41, 5.74) is 5.98. The first-order valence-corrected chi connectivity index (χ1v) is 6.76. The van der Waals surface area contributed by atoms with Gasteiger partial charge in [-0.15, -0.1) is 0 Å². The van der Waals surface area contributed by atoms with Crippen LogP contribution < -0.4 is 11.1 Å². The van der Waals surface area contributed by atoms with Crippen molar-refractivity contribution in [2.75, 3.05) is 32.6 Å². The van der Waals surface area contributed by atoms with Gasteiger partial charge >= 0.3 is 5.97 Å². The molecule has 0 saturated carbocycles. The van der Waals surface area contributed by atoms with E-state index < -0.39 is 5.97 Å². The summed E-state index contributed by atoms with van der Waals surface area (Å²) in [5.74, 6) is 0.120. The zero-order valence-corrected chi connectivity index (χ0v) is 12.6. The normalized spacial score (nSPS) is 10.4. The van der Waals surface area contributed by atoms with Crippen LogP contribution in [0.15, 0.2) is 0 Å². The van der Waals surface area contributed by atoms with E-state index in [1.165, 1.54) is 0 Å². The van der Waals surface area contributed by atoms with Gasteiger partial charge < -0.3 is 25.1 Å². The van der Waals surface area contributed by atoms with E-state index in [0.29, 0.717) is 25.5 Å². The van der Waals surface area contributed by atoms with Crippen LogP contribution in [0.4, 0.5) is 5.82 Å². The van der Waals surface area contributed by atoms with Gasteiger partial charge in [0.15, 0.2) is 5.69 Å². The van der Waals surface area contributed by atoms with Crippen molar-refractivity contribution in [3.05, 3.63) is 11.5 Å². The Morgan fingerprint density at radius 1 is 1.43 bits per heavy atom. The molecule has 1 aromatic heterocycles. The van der Waals surface area contributed by atoms with Crippen molar-refractivity contribution in [1.29, 1.82) is 0 Å². The maximum absolute atomic E-state index is 11.7. The van der Waals surface area contributed by atoms with E-state index in [-0.39, 0.29) is 30.4 Å². The molecule has 0 saturated heterocycles. The number of aryl methyl sites for hydroxylation is 1. The first-order valence-electron chi connectivity index (χ1n) is 6.76. The molecule has 0 atom stereocenters. The van der Waals surface area contributed by atoms with E-state index >= 15 is 0 Å². The third kappa shape index (κ3) is 4.75. The summed E-state index contributed by atoms with van der Waals surface area (Å²) in [6, 6.07) is 0. The Hall–Kier alpha value is -2.09. The van der Waals surface area contributed by atoms with Crippen LogP contribution in [0.1, 0.15) is 29.7 Å². The standard InChI is InChI=1S/C13H22N4O4/c1-4-21-13(19)11-12(14)17(9(2)16-11)7-5-10(18)15-6-8-20-3/h4-8,14H2,1-3H3,(H,15,18). The van der Waals surface area contributed by atoms with Gasteiger partial charge in [-0.2, -0.15) is 0 Å². The maximum atomic E-state index is 11.7. The Bertz CT molecular complexity index is 499. The second-order valence-electron chi connectivity index (χ2n) is 4.36. The van der Waals surface area contributed by atoms with Crippen molar-refractivity contribution in [1.82, 2.24) is 14.9 Å². The van der Waals surface area contributed by atoms with Gasteiger partial charge in [0.05, 0.1) is 13.2 Å². The fourth-order valence-corrected chi connectivity index (χ4v) is 1.81. The van der Waals surface area contributed by atoms with Gasteiger partial charge in [0, 0.05) is 26.6 Å². The van der Waals surface area contributed by atoms with E-state index in [2.05, 4.69) is 10.3 Å². The molecule has 0 radical (unpaired) electrons. The van der Waals surface area contributed by atoms with Gasteiger partial charge in [-0.05, 0) is 13.8 Å². The van der Waals surface area contributed by atoms with Gasteiger partial charge in [-0.1, -0.05) is 0 Å². The molecule has 1 aromatic rings. The smallest absolute Gasteiger partial charge is 0.360 e. The third-order valence-corrected chi connectivity index (χ3v) is 2.86. The number of hydrogen-bond donors (Lipinski definition) is 2. The minimum Gasteiger partial charge on any atom is -0.461 e. The number of nitrogen functional groups attached to an aromatic ring is 1. The fourth-order valence-electron chi connectivity index (χ4n) is 1.81. The Morgan fingerprint density at radius 3 is 2.76 bits per heavy atom. The molecule has 1 heterocycles. The number of nitrogens with one attached hydrogen (secondary N) is 1. The molecular formula is C13H22N4O4. The largest absolute Gasteiger partial charge is 0.461 e. The number of anilines is 1. The molecule has 0 aliphatic heterocycles. The van der Waals surface area contributed by atoms with E-state index in [9.17, 15) is 9.59 Å². The second-order valence-corrected chi connectivity index (χ2v) is 4.36. The number of methoxy groups -OCH3 is 1. The minimum absolute atomic E-state index is 0.0918. The molecule has 0 unspecified atom stereocenters. The highest BCUT2D eigenvalue weighted by Gasteiger charge is 2.19. The number of nitrogens with two attached hydrogens (primary N) is 1. The number of esters is 1. The first kappa shape index (κ1) is 17.0. The Morgan fingerprint density at radius 2 is 2.14 bits per heavy atom. The lowest BCUT2D eigenvalue weighted by molar-refractivity contribution is -0.121. The van der Waals surface area contributed by atoms with Crippen LogP contribution in [0.3, 0.4) is 0 Å². The van der Waals surface area contributed by atoms with E-state index in [1.54, 1.807) is 25.5 Å². The Kier molecular flexibility index (Phi) is 6.67. The lowest BCUT2D eigenvalue weighted by atomic mass is 10.3. The molecule has 118 valence electrons. The van der Waals surface area contributed by atoms with E-state index in [0.717, 1.165) is 0 Å². The lowest BCUT2D eigenvalue weighted by Gasteiger charge is -2.08. The summed E-state index contributed by atoms with van der Waals surface area (Å²) in [5, 5.41) is 2.71. The predicted octanol–water partition coefficient (Wildman–Crippen LogP) is 0.103. The highest BCUT2D eigenvalue weighted by Crippen LogP contribution is 2.15. The van der Waals surface area contributed by atoms with Crippen LogP contribution in [0.25, 0.3) is 0 Å². The number of rotatable bonds is 8. The van der Waals surface area contributed by atoms with Crippen LogP contribution in [0.5, 0.6) is 0 Å². The Balaban J connectivity index is 2.63. The molecule has 0 aliphatic carbocycles. The highest BCUT2D eigenvalue weighted by atomic mass is 16.5. The third-order valence-electron chi connectivity index (χ3n) is 2.86. The molecule has 0 aliphatic rings. The summed E-state index contributed by atoms with van der Waals surface area (Å²) >= 11 is 0. The number of carbonyl (C=O) groups is 2. The number of nitrogens with zero attached hydrogens (tertiary/aromatic N) is 2. The Labute approximate surface area is 123 Å². The van der Waals surface area contributed by atoms with Crippen LogP contribution in [0, 0.1) is 6.92 Å². The number of aromatic nitrogens is 2. The highest BCUT2D eigenvalue weighted by molar-refractivity contribution is 5.92. The first-order chi connectivity index (χ1) is 10.0. The zero-order valence-electron chi connectivity index (χ0n) is 12.6. The van der Waals surface area contributed by atoms with Crippen LogP contribution in [0.2, 0.25) is 0 Å². The summed E-state index contributed by atoms with van der Waals surface area (Å²) in [6.45, 7) is 4.96. The summed E-state index contributed by atoms with van der Waals surface area (Å²) in [4.78, 5) is 27.4. The van der Waals surface area contributed by atoms with Crippen molar-refractivity contribution >= 4 is 17.7 Å². The molecule has 0 spiro atoms. The van der Waals surface area contributed by atoms with Crippen LogP contribution in [-0.2, 0) is 20.8 Å². The number of carbonyl (C=O) groups excluding carboxylic acids is 2. The van der Waals surface area contributed by atoms with Crippen LogP contribution in [-0.4, -0.2) is 48.3 Å². The maximum Gasteiger partial charge on any atom is 0.360 e. The molecule has 1 amide bonds. The van der Waals surface area contributed by atoms with Crippen molar-refractivity contribution in [2.45, 2.75) is 26.8 Å². The number of hydrogen-bond acceptors (Lipinski definition) is 6. The van der Waals surface area contributed by atoms with Crippen molar-refractivity contribution in [3.63, 3.8) is 0 Å². The van der Waals surface area contributed by atoms with Crippen molar-refractivity contribution in [3.8, 4) is 0 Å². The average molecular weight is 298 g/mol. The average Bonchev–Trinajstić information content (AvgIpc) is 2.72. The van der Waals surface area contributed by atoms with Crippen molar-refractivity contribution < 1.29 is 19.1 Å². The topological polar surface area (TPSA) is 108 Å². The summed E-state index contributed by atoms with van der Waals surface area (Å²) in [7, 11) is 1.57. The quantitative estimate of drug-likeness (QED) is 0.520. The van der Waals surface area contributed by atoms with Crippen LogP contribution >= 0.6 is 0 Å². The monoisotopic (exact) mass is 298 g/mol. The molecule has 8 heteroatoms. The molecular weight excluding hydrogens is 276 g/mol. The van der Waals surface area contributed by atoms with Crippen molar-refractivity contribution in [2.24, 2.45) is 0 Å². The lowest BCUT2D eigenvalue weighted by Crippen LogP contribution is -2.28. The molecule has 0 aromatic carbocycles. The molecule has 8 nitrogen and oxygen atoms in total.